The van der Waals surface area contributed by atoms with Crippen LogP contribution in [-0.4, -0.2) is 27.3 Å². The Morgan fingerprint density at radius 3 is 3.09 bits per heavy atom. The first-order valence-electron chi connectivity index (χ1n) is 3.30. The SMILES string of the molecule is O=C1CC(O)Cc2nonc21. The Balaban J connectivity index is 2.44. The Labute approximate surface area is 62.0 Å². The standard InChI is InChI=1S/C6H6N2O3/c9-3-1-4-6(5(10)2-3)8-11-7-4/h3,9H,1-2H2. The van der Waals surface area contributed by atoms with Crippen LogP contribution in [0.15, 0.2) is 4.63 Å². The summed E-state index contributed by atoms with van der Waals surface area (Å²) in [4.78, 5) is 11.0. The number of fused-ring (bicyclic) bond motifs is 1. The number of ketones is 1. The number of aliphatic hydroxyl groups excluding tert-OH is 1. The molecule has 1 aliphatic carbocycles. The summed E-state index contributed by atoms with van der Waals surface area (Å²) in [6, 6.07) is 0. The first-order valence-corrected chi connectivity index (χ1v) is 3.30. The second-order valence-electron chi connectivity index (χ2n) is 2.54. The van der Waals surface area contributed by atoms with E-state index in [9.17, 15) is 4.79 Å². The normalized spacial score (nSPS) is 23.4. The van der Waals surface area contributed by atoms with Crippen LogP contribution in [0, 0.1) is 0 Å². The van der Waals surface area contributed by atoms with E-state index in [4.69, 9.17) is 5.11 Å². The largest absolute Gasteiger partial charge is 0.392 e. The average molecular weight is 154 g/mol. The fraction of sp³-hybridized carbons (Fsp3) is 0.500. The summed E-state index contributed by atoms with van der Waals surface area (Å²) >= 11 is 0. The average Bonchev–Trinajstić information content (AvgIpc) is 2.34. The van der Waals surface area contributed by atoms with Gasteiger partial charge in [0, 0.05) is 12.8 Å². The Morgan fingerprint density at radius 1 is 1.45 bits per heavy atom. The van der Waals surface area contributed by atoms with E-state index >= 15 is 0 Å². The Morgan fingerprint density at radius 2 is 2.27 bits per heavy atom. The molecule has 58 valence electrons. The van der Waals surface area contributed by atoms with Gasteiger partial charge in [-0.25, -0.2) is 4.63 Å². The lowest BCUT2D eigenvalue weighted by Crippen LogP contribution is -2.23. The molecule has 0 saturated carbocycles. The van der Waals surface area contributed by atoms with E-state index in [-0.39, 0.29) is 17.9 Å². The molecule has 0 aliphatic heterocycles. The molecule has 0 saturated heterocycles. The highest BCUT2D eigenvalue weighted by molar-refractivity contribution is 5.96. The van der Waals surface area contributed by atoms with Gasteiger partial charge in [0.1, 0.15) is 5.69 Å². The highest BCUT2D eigenvalue weighted by Crippen LogP contribution is 2.17. The van der Waals surface area contributed by atoms with Crippen LogP contribution in [0.3, 0.4) is 0 Å². The minimum absolute atomic E-state index is 0.126. The molecule has 5 nitrogen and oxygen atoms in total. The fourth-order valence-electron chi connectivity index (χ4n) is 1.16. The van der Waals surface area contributed by atoms with Crippen molar-refractivity contribution in [2.75, 3.05) is 0 Å². The molecule has 0 radical (unpaired) electrons. The predicted molar refractivity (Wildman–Crippen MR) is 33.0 cm³/mol. The van der Waals surface area contributed by atoms with E-state index in [1.807, 2.05) is 0 Å². The zero-order chi connectivity index (χ0) is 7.84. The number of nitrogens with zero attached hydrogens (tertiary/aromatic N) is 2. The molecule has 2 rings (SSSR count). The summed E-state index contributed by atoms with van der Waals surface area (Å²) in [5, 5.41) is 16.0. The zero-order valence-electron chi connectivity index (χ0n) is 5.65. The molecule has 5 heteroatoms. The van der Waals surface area contributed by atoms with Crippen LogP contribution in [0.25, 0.3) is 0 Å². The number of carbonyl (C=O) groups excluding carboxylic acids is 1. The van der Waals surface area contributed by atoms with Gasteiger partial charge in [-0.1, -0.05) is 5.16 Å². The third-order valence-corrected chi connectivity index (χ3v) is 1.67. The maximum Gasteiger partial charge on any atom is 0.189 e. The van der Waals surface area contributed by atoms with E-state index in [2.05, 4.69) is 14.9 Å². The predicted octanol–water partition coefficient (Wildman–Crippen LogP) is -0.441. The molecule has 0 amide bonds. The smallest absolute Gasteiger partial charge is 0.189 e. The number of aromatic nitrogens is 2. The van der Waals surface area contributed by atoms with Gasteiger partial charge >= 0.3 is 0 Å². The third kappa shape index (κ3) is 0.932. The topological polar surface area (TPSA) is 76.2 Å². The maximum absolute atomic E-state index is 11.0. The van der Waals surface area contributed by atoms with E-state index in [1.54, 1.807) is 0 Å². The molecule has 0 fully saturated rings. The molecular weight excluding hydrogens is 148 g/mol. The Kier molecular flexibility index (Phi) is 1.25. The van der Waals surface area contributed by atoms with Crippen LogP contribution in [-0.2, 0) is 6.42 Å². The van der Waals surface area contributed by atoms with Crippen LogP contribution < -0.4 is 0 Å². The van der Waals surface area contributed by atoms with Crippen molar-refractivity contribution in [1.82, 2.24) is 10.3 Å². The quantitative estimate of drug-likeness (QED) is 0.548. The van der Waals surface area contributed by atoms with Crippen molar-refractivity contribution in [3.63, 3.8) is 0 Å². The van der Waals surface area contributed by atoms with Gasteiger partial charge in [0.2, 0.25) is 0 Å². The summed E-state index contributed by atoms with van der Waals surface area (Å²) in [6.45, 7) is 0. The van der Waals surface area contributed by atoms with Gasteiger partial charge in [-0.15, -0.1) is 0 Å². The molecular formula is C6H6N2O3. The van der Waals surface area contributed by atoms with Gasteiger partial charge < -0.3 is 5.11 Å². The van der Waals surface area contributed by atoms with Crippen molar-refractivity contribution < 1.29 is 14.5 Å². The van der Waals surface area contributed by atoms with Crippen LogP contribution in [0.4, 0.5) is 0 Å². The Bertz CT molecular complexity index is 294. The first-order chi connectivity index (χ1) is 5.27. The maximum atomic E-state index is 11.0. The minimum atomic E-state index is -0.623. The molecule has 1 atom stereocenters. The van der Waals surface area contributed by atoms with Crippen molar-refractivity contribution in [2.24, 2.45) is 0 Å². The number of hydrogen-bond acceptors (Lipinski definition) is 5. The fourth-order valence-corrected chi connectivity index (χ4v) is 1.16. The monoisotopic (exact) mass is 154 g/mol. The zero-order valence-corrected chi connectivity index (χ0v) is 5.65. The molecule has 0 bridgehead atoms. The van der Waals surface area contributed by atoms with Crippen molar-refractivity contribution in [2.45, 2.75) is 18.9 Å². The van der Waals surface area contributed by atoms with Crippen LogP contribution >= 0.6 is 0 Å². The van der Waals surface area contributed by atoms with Gasteiger partial charge in [-0.2, -0.15) is 0 Å². The van der Waals surface area contributed by atoms with Gasteiger partial charge in [0.25, 0.3) is 0 Å². The van der Waals surface area contributed by atoms with Gasteiger partial charge in [-0.05, 0) is 5.16 Å². The summed E-state index contributed by atoms with van der Waals surface area (Å²) < 4.78 is 4.35. The number of Topliss-reactive ketones (excluding diaryl/α,β-unsaturated/α-hetero) is 1. The summed E-state index contributed by atoms with van der Waals surface area (Å²) in [5.41, 5.74) is 0.740. The van der Waals surface area contributed by atoms with E-state index < -0.39 is 6.10 Å². The molecule has 1 N–H and O–H groups in total. The lowest BCUT2D eigenvalue weighted by Gasteiger charge is -2.11. The molecule has 0 spiro atoms. The van der Waals surface area contributed by atoms with Crippen molar-refractivity contribution >= 4 is 5.78 Å². The third-order valence-electron chi connectivity index (χ3n) is 1.67. The molecule has 1 aliphatic rings. The molecule has 11 heavy (non-hydrogen) atoms. The van der Waals surface area contributed by atoms with E-state index in [1.165, 1.54) is 0 Å². The highest BCUT2D eigenvalue weighted by atomic mass is 16.6. The minimum Gasteiger partial charge on any atom is -0.392 e. The van der Waals surface area contributed by atoms with Crippen molar-refractivity contribution in [3.05, 3.63) is 11.4 Å². The summed E-state index contributed by atoms with van der Waals surface area (Å²) in [7, 11) is 0. The second kappa shape index (κ2) is 2.13. The van der Waals surface area contributed by atoms with Crippen LogP contribution in [0.5, 0.6) is 0 Å². The highest BCUT2D eigenvalue weighted by Gasteiger charge is 2.28. The van der Waals surface area contributed by atoms with Gasteiger partial charge in [-0.3, -0.25) is 4.79 Å². The molecule has 1 unspecified atom stereocenters. The van der Waals surface area contributed by atoms with E-state index in [0.29, 0.717) is 12.1 Å². The number of carbonyl (C=O) groups is 1. The summed E-state index contributed by atoms with van der Waals surface area (Å²) in [5.74, 6) is -0.194. The van der Waals surface area contributed by atoms with Crippen LogP contribution in [0.2, 0.25) is 0 Å². The van der Waals surface area contributed by atoms with Crippen molar-refractivity contribution in [1.29, 1.82) is 0 Å². The number of hydrogen-bond donors (Lipinski definition) is 1. The van der Waals surface area contributed by atoms with Crippen molar-refractivity contribution in [3.8, 4) is 0 Å². The van der Waals surface area contributed by atoms with E-state index in [0.717, 1.165) is 0 Å². The first kappa shape index (κ1) is 6.48. The lowest BCUT2D eigenvalue weighted by molar-refractivity contribution is 0.0845. The molecule has 1 heterocycles. The molecule has 0 aromatic carbocycles. The van der Waals surface area contributed by atoms with Gasteiger partial charge in [0.15, 0.2) is 11.5 Å². The molecule has 1 aromatic heterocycles. The Hall–Kier alpha value is -1.23. The van der Waals surface area contributed by atoms with Gasteiger partial charge in [0.05, 0.1) is 6.10 Å². The van der Waals surface area contributed by atoms with Crippen LogP contribution in [0.1, 0.15) is 22.6 Å². The second-order valence-corrected chi connectivity index (χ2v) is 2.54. The summed E-state index contributed by atoms with van der Waals surface area (Å²) in [6.07, 6.45) is -0.131. The molecule has 1 aromatic rings. The lowest BCUT2D eigenvalue weighted by atomic mass is 9.97. The number of aliphatic hydroxyl groups is 1. The number of rotatable bonds is 0.